The minimum atomic E-state index is 0. The lowest BCUT2D eigenvalue weighted by atomic mass is 9.93. The van der Waals surface area contributed by atoms with Crippen molar-refractivity contribution in [1.29, 1.82) is 0 Å². The summed E-state index contributed by atoms with van der Waals surface area (Å²) in [7, 11) is 1.89. The Morgan fingerprint density at radius 3 is 2.69 bits per heavy atom. The van der Waals surface area contributed by atoms with Crippen molar-refractivity contribution >= 4 is 29.9 Å². The number of aliphatic imine (C=N–C) groups is 1. The van der Waals surface area contributed by atoms with E-state index in [0.717, 1.165) is 38.7 Å². The quantitative estimate of drug-likeness (QED) is 0.271. The first-order valence-electron chi connectivity index (χ1n) is 9.84. The lowest BCUT2D eigenvalue weighted by molar-refractivity contribution is 0.189. The van der Waals surface area contributed by atoms with Gasteiger partial charge in [0, 0.05) is 39.1 Å². The van der Waals surface area contributed by atoms with E-state index in [-0.39, 0.29) is 24.0 Å². The molecule has 0 radical (unpaired) electrons. The van der Waals surface area contributed by atoms with E-state index in [4.69, 9.17) is 0 Å². The lowest BCUT2D eigenvalue weighted by Gasteiger charge is -2.39. The van der Waals surface area contributed by atoms with Crippen LogP contribution in [0.25, 0.3) is 0 Å². The van der Waals surface area contributed by atoms with Crippen molar-refractivity contribution in [2.75, 3.05) is 46.3 Å². The molecule has 0 aromatic carbocycles. The summed E-state index contributed by atoms with van der Waals surface area (Å²) in [6.45, 7) is 13.4. The summed E-state index contributed by atoms with van der Waals surface area (Å²) in [6, 6.07) is 0.470. The molecule has 2 heterocycles. The highest BCUT2D eigenvalue weighted by Crippen LogP contribution is 2.27. The van der Waals surface area contributed by atoms with Crippen LogP contribution in [0, 0.1) is 5.92 Å². The van der Waals surface area contributed by atoms with E-state index in [2.05, 4.69) is 56.6 Å². The zero-order valence-electron chi connectivity index (χ0n) is 16.9. The van der Waals surface area contributed by atoms with Gasteiger partial charge < -0.3 is 19.7 Å². The van der Waals surface area contributed by atoms with E-state index in [1.54, 1.807) is 0 Å². The topological polar surface area (TPSA) is 48.7 Å². The van der Waals surface area contributed by atoms with Crippen LogP contribution in [0.15, 0.2) is 23.7 Å². The second kappa shape index (κ2) is 12.5. The summed E-state index contributed by atoms with van der Waals surface area (Å²) in [5.41, 5.74) is 0. The maximum Gasteiger partial charge on any atom is 0.193 e. The number of piperidine rings is 1. The molecule has 1 aromatic heterocycles. The Hall–Kier alpha value is -0.830. The van der Waals surface area contributed by atoms with Crippen LogP contribution in [-0.2, 0) is 0 Å². The predicted octanol–water partition coefficient (Wildman–Crippen LogP) is 3.08. The average molecular weight is 476 g/mol. The van der Waals surface area contributed by atoms with Crippen molar-refractivity contribution in [2.24, 2.45) is 10.9 Å². The summed E-state index contributed by atoms with van der Waals surface area (Å²) in [5, 5.41) is 3.56. The van der Waals surface area contributed by atoms with E-state index >= 15 is 0 Å². The second-order valence-corrected chi connectivity index (χ2v) is 7.00. The monoisotopic (exact) mass is 476 g/mol. The maximum absolute atomic E-state index is 4.51. The fraction of sp³-hybridized carbons (Fsp3) is 0.789. The van der Waals surface area contributed by atoms with Gasteiger partial charge in [-0.05, 0) is 44.8 Å². The molecule has 1 aliphatic rings. The molecule has 1 aromatic rings. The molecule has 1 fully saturated rings. The molecule has 0 amide bonds. The number of hydrogen-bond acceptors (Lipinski definition) is 3. The first kappa shape index (κ1) is 23.2. The van der Waals surface area contributed by atoms with Crippen molar-refractivity contribution in [3.63, 3.8) is 0 Å². The van der Waals surface area contributed by atoms with Crippen LogP contribution in [0.3, 0.4) is 0 Å². The molecule has 6 nitrogen and oxygen atoms in total. The van der Waals surface area contributed by atoms with Crippen LogP contribution in [-0.4, -0.2) is 71.6 Å². The molecular formula is C19H37IN6. The molecule has 0 saturated carbocycles. The van der Waals surface area contributed by atoms with Gasteiger partial charge in [0.2, 0.25) is 0 Å². The third-order valence-corrected chi connectivity index (χ3v) is 5.42. The van der Waals surface area contributed by atoms with Gasteiger partial charge in [0.25, 0.3) is 0 Å². The Morgan fingerprint density at radius 2 is 2.08 bits per heavy atom. The number of guanidine groups is 1. The largest absolute Gasteiger partial charge is 0.356 e. The number of rotatable bonds is 8. The number of likely N-dealkylation sites (tertiary alicyclic amines) is 1. The summed E-state index contributed by atoms with van der Waals surface area (Å²) in [6.07, 6.45) is 9.49. The van der Waals surface area contributed by atoms with Crippen molar-refractivity contribution in [3.05, 3.63) is 18.7 Å². The molecular weight excluding hydrogens is 439 g/mol. The third kappa shape index (κ3) is 6.72. The van der Waals surface area contributed by atoms with Gasteiger partial charge in [0.05, 0.1) is 12.4 Å². The van der Waals surface area contributed by atoms with Crippen LogP contribution in [0.4, 0.5) is 0 Å². The van der Waals surface area contributed by atoms with Gasteiger partial charge in [-0.25, -0.2) is 4.98 Å². The first-order chi connectivity index (χ1) is 12.2. The molecule has 2 atom stereocenters. The fourth-order valence-electron chi connectivity index (χ4n) is 3.63. The summed E-state index contributed by atoms with van der Waals surface area (Å²) >= 11 is 0. The highest BCUT2D eigenvalue weighted by atomic mass is 127. The Balaban J connectivity index is 0.00000338. The van der Waals surface area contributed by atoms with E-state index in [1.165, 1.54) is 25.8 Å². The van der Waals surface area contributed by atoms with Crippen LogP contribution in [0.2, 0.25) is 0 Å². The molecule has 1 aliphatic heterocycles. The molecule has 150 valence electrons. The highest BCUT2D eigenvalue weighted by Gasteiger charge is 2.28. The number of imidazole rings is 1. The summed E-state index contributed by atoms with van der Waals surface area (Å²) in [4.78, 5) is 13.6. The Morgan fingerprint density at radius 1 is 1.31 bits per heavy atom. The van der Waals surface area contributed by atoms with Crippen LogP contribution < -0.4 is 5.32 Å². The lowest BCUT2D eigenvalue weighted by Crippen LogP contribution is -2.49. The molecule has 7 heteroatoms. The normalized spacial score (nSPS) is 21.0. The van der Waals surface area contributed by atoms with Crippen molar-refractivity contribution in [2.45, 2.75) is 46.1 Å². The molecule has 26 heavy (non-hydrogen) atoms. The average Bonchev–Trinajstić information content (AvgIpc) is 3.16. The number of halogens is 1. The SMILES string of the molecule is CCN(CC)CCCCNC(=NC)N1CCC(C)C(n2ccnc2)C1.I. The van der Waals surface area contributed by atoms with Crippen LogP contribution in [0.5, 0.6) is 0 Å². The smallest absolute Gasteiger partial charge is 0.193 e. The van der Waals surface area contributed by atoms with E-state index in [0.29, 0.717) is 12.0 Å². The van der Waals surface area contributed by atoms with Crippen molar-refractivity contribution in [3.8, 4) is 0 Å². The van der Waals surface area contributed by atoms with Gasteiger partial charge in [0.15, 0.2) is 5.96 Å². The molecule has 0 bridgehead atoms. The van der Waals surface area contributed by atoms with Crippen molar-refractivity contribution < 1.29 is 0 Å². The molecule has 2 unspecified atom stereocenters. The highest BCUT2D eigenvalue weighted by molar-refractivity contribution is 14.0. The van der Waals surface area contributed by atoms with E-state index < -0.39 is 0 Å². The summed E-state index contributed by atoms with van der Waals surface area (Å²) in [5.74, 6) is 1.71. The van der Waals surface area contributed by atoms with Gasteiger partial charge in [-0.3, -0.25) is 4.99 Å². The Kier molecular flexibility index (Phi) is 11.2. The second-order valence-electron chi connectivity index (χ2n) is 7.00. The molecule has 1 saturated heterocycles. The fourth-order valence-corrected chi connectivity index (χ4v) is 3.63. The van der Waals surface area contributed by atoms with Crippen molar-refractivity contribution in [1.82, 2.24) is 24.7 Å². The molecule has 0 spiro atoms. The predicted molar refractivity (Wildman–Crippen MR) is 120 cm³/mol. The minimum Gasteiger partial charge on any atom is -0.356 e. The standard InChI is InChI=1S/C19H36N6.HI/c1-5-23(6-2)12-8-7-10-22-19(20-4)24-13-9-17(3)18(15-24)25-14-11-21-16-25;/h11,14,16-18H,5-10,12-13,15H2,1-4H3,(H,20,22);1H. The van der Waals surface area contributed by atoms with Gasteiger partial charge in [0.1, 0.15) is 0 Å². The van der Waals surface area contributed by atoms with Crippen LogP contribution in [0.1, 0.15) is 46.1 Å². The molecule has 1 N–H and O–H groups in total. The number of aromatic nitrogens is 2. The first-order valence-corrected chi connectivity index (χ1v) is 9.84. The van der Waals surface area contributed by atoms with Gasteiger partial charge >= 0.3 is 0 Å². The number of nitrogens with zero attached hydrogens (tertiary/aromatic N) is 5. The minimum absolute atomic E-state index is 0. The van der Waals surface area contributed by atoms with Gasteiger partial charge in [-0.15, -0.1) is 24.0 Å². The Labute approximate surface area is 176 Å². The van der Waals surface area contributed by atoms with Gasteiger partial charge in [-0.2, -0.15) is 0 Å². The summed E-state index contributed by atoms with van der Waals surface area (Å²) < 4.78 is 2.24. The molecule has 0 aliphatic carbocycles. The Bertz CT molecular complexity index is 500. The van der Waals surface area contributed by atoms with E-state index in [9.17, 15) is 0 Å². The number of unbranched alkanes of at least 4 members (excludes halogenated alkanes) is 1. The van der Waals surface area contributed by atoms with Gasteiger partial charge in [-0.1, -0.05) is 20.8 Å². The zero-order valence-corrected chi connectivity index (χ0v) is 19.2. The number of nitrogens with one attached hydrogen (secondary N) is 1. The maximum atomic E-state index is 4.51. The van der Waals surface area contributed by atoms with Crippen LogP contribution >= 0.6 is 24.0 Å². The molecule has 2 rings (SSSR count). The third-order valence-electron chi connectivity index (χ3n) is 5.42. The zero-order chi connectivity index (χ0) is 18.1. The van der Waals surface area contributed by atoms with E-state index in [1.807, 2.05) is 19.6 Å². The number of hydrogen-bond donors (Lipinski definition) is 1.